The molecule has 1 atom stereocenters. The van der Waals surface area contributed by atoms with Crippen molar-refractivity contribution in [1.29, 1.82) is 0 Å². The zero-order chi connectivity index (χ0) is 15.5. The molecule has 1 aromatic carbocycles. The van der Waals surface area contributed by atoms with Crippen LogP contribution in [0.3, 0.4) is 0 Å². The summed E-state index contributed by atoms with van der Waals surface area (Å²) < 4.78 is 39.9. The van der Waals surface area contributed by atoms with Crippen LogP contribution in [0.1, 0.15) is 24.1 Å². The molecule has 1 heterocycles. The van der Waals surface area contributed by atoms with Crippen molar-refractivity contribution in [1.82, 2.24) is 9.71 Å². The van der Waals surface area contributed by atoms with E-state index in [9.17, 15) is 12.8 Å². The number of pyridine rings is 1. The summed E-state index contributed by atoms with van der Waals surface area (Å²) in [6.07, 6.45) is 2.06. The number of hydrogen-bond acceptors (Lipinski definition) is 4. The Morgan fingerprint density at radius 2 is 1.95 bits per heavy atom. The molecule has 0 bridgehead atoms. The molecule has 0 saturated heterocycles. The van der Waals surface area contributed by atoms with Crippen molar-refractivity contribution in [3.05, 3.63) is 59.7 Å². The van der Waals surface area contributed by atoms with Gasteiger partial charge in [-0.3, -0.25) is 4.98 Å². The van der Waals surface area contributed by atoms with Gasteiger partial charge in [0.1, 0.15) is 10.7 Å². The van der Waals surface area contributed by atoms with E-state index in [1.165, 1.54) is 0 Å². The fraction of sp³-hybridized carbons (Fsp3) is 0.214. The molecule has 7 heteroatoms. The number of rotatable bonds is 5. The Hall–Kier alpha value is -1.83. The van der Waals surface area contributed by atoms with Crippen LogP contribution in [0.2, 0.25) is 0 Å². The minimum atomic E-state index is -3.82. The Morgan fingerprint density at radius 3 is 2.52 bits per heavy atom. The van der Waals surface area contributed by atoms with Crippen LogP contribution in [-0.4, -0.2) is 13.4 Å². The molecule has 0 radical (unpaired) electrons. The maximum absolute atomic E-state index is 13.1. The number of sulfonamides is 1. The van der Waals surface area contributed by atoms with Gasteiger partial charge in [-0.15, -0.1) is 0 Å². The van der Waals surface area contributed by atoms with Gasteiger partial charge in [-0.25, -0.2) is 17.5 Å². The molecule has 1 aromatic heterocycles. The number of halogens is 1. The molecule has 0 aliphatic rings. The molecule has 0 aliphatic heterocycles. The first-order valence-corrected chi connectivity index (χ1v) is 7.82. The second-order valence-corrected chi connectivity index (χ2v) is 6.34. The average Bonchev–Trinajstić information content (AvgIpc) is 2.47. The number of nitrogens with two attached hydrogens (primary N) is 1. The number of benzene rings is 1. The molecule has 2 aromatic rings. The summed E-state index contributed by atoms with van der Waals surface area (Å²) in [5, 5.41) is 0. The molecule has 112 valence electrons. The van der Waals surface area contributed by atoms with Crippen LogP contribution in [0, 0.1) is 5.82 Å². The van der Waals surface area contributed by atoms with Gasteiger partial charge in [0.2, 0.25) is 10.0 Å². The van der Waals surface area contributed by atoms with E-state index in [0.717, 1.165) is 29.6 Å². The molecule has 0 spiro atoms. The Kier molecular flexibility index (Phi) is 4.66. The quantitative estimate of drug-likeness (QED) is 0.880. The Labute approximate surface area is 123 Å². The van der Waals surface area contributed by atoms with Crippen molar-refractivity contribution in [2.75, 3.05) is 0 Å². The van der Waals surface area contributed by atoms with Gasteiger partial charge >= 0.3 is 0 Å². The first kappa shape index (κ1) is 15.6. The summed E-state index contributed by atoms with van der Waals surface area (Å²) in [4.78, 5) is 3.34. The van der Waals surface area contributed by atoms with Crippen molar-refractivity contribution in [2.45, 2.75) is 24.4 Å². The van der Waals surface area contributed by atoms with E-state index in [4.69, 9.17) is 5.73 Å². The monoisotopic (exact) mass is 309 g/mol. The van der Waals surface area contributed by atoms with Crippen LogP contribution in [0.5, 0.6) is 0 Å². The largest absolute Gasteiger partial charge is 0.326 e. The minimum absolute atomic E-state index is 0.201. The van der Waals surface area contributed by atoms with Gasteiger partial charge in [-0.1, -0.05) is 24.3 Å². The van der Waals surface area contributed by atoms with Crippen LogP contribution < -0.4 is 10.5 Å². The lowest BCUT2D eigenvalue weighted by Gasteiger charge is -2.15. The highest BCUT2D eigenvalue weighted by atomic mass is 32.2. The number of hydrogen-bond donors (Lipinski definition) is 2. The fourth-order valence-corrected chi connectivity index (χ4v) is 3.06. The molecule has 0 aliphatic carbocycles. The standard InChI is InChI=1S/C14H16FN3O2S/c1-10(12-4-2-11(7-16)3-5-12)18-21(19,20)14-6-13(15)8-17-9-14/h2-6,8-10,18H,7,16H2,1H3. The van der Waals surface area contributed by atoms with Crippen molar-refractivity contribution in [3.63, 3.8) is 0 Å². The van der Waals surface area contributed by atoms with Crippen LogP contribution in [-0.2, 0) is 16.6 Å². The van der Waals surface area contributed by atoms with Gasteiger partial charge in [0, 0.05) is 18.8 Å². The maximum atomic E-state index is 13.1. The summed E-state index contributed by atoms with van der Waals surface area (Å²) in [6.45, 7) is 2.14. The second-order valence-electron chi connectivity index (χ2n) is 4.63. The molecule has 2 rings (SSSR count). The predicted molar refractivity (Wildman–Crippen MR) is 77.3 cm³/mol. The highest BCUT2D eigenvalue weighted by Gasteiger charge is 2.19. The normalized spacial score (nSPS) is 13.1. The second kappa shape index (κ2) is 6.30. The van der Waals surface area contributed by atoms with Gasteiger partial charge in [0.05, 0.1) is 6.20 Å². The van der Waals surface area contributed by atoms with Gasteiger partial charge in [-0.05, 0) is 24.1 Å². The van der Waals surface area contributed by atoms with Crippen molar-refractivity contribution >= 4 is 10.0 Å². The van der Waals surface area contributed by atoms with Crippen LogP contribution in [0.15, 0.2) is 47.6 Å². The van der Waals surface area contributed by atoms with E-state index in [2.05, 4.69) is 9.71 Å². The third-order valence-electron chi connectivity index (χ3n) is 3.04. The van der Waals surface area contributed by atoms with Gasteiger partial charge < -0.3 is 5.73 Å². The smallest absolute Gasteiger partial charge is 0.242 e. The molecule has 3 N–H and O–H groups in total. The zero-order valence-electron chi connectivity index (χ0n) is 11.5. The SMILES string of the molecule is CC(NS(=O)(=O)c1cncc(F)c1)c1ccc(CN)cc1. The Morgan fingerprint density at radius 1 is 1.29 bits per heavy atom. The number of nitrogens with one attached hydrogen (secondary N) is 1. The first-order valence-electron chi connectivity index (χ1n) is 6.34. The number of aromatic nitrogens is 1. The molecule has 1 unspecified atom stereocenters. The van der Waals surface area contributed by atoms with E-state index in [1.54, 1.807) is 19.1 Å². The Balaban J connectivity index is 2.19. The van der Waals surface area contributed by atoms with E-state index in [-0.39, 0.29) is 4.90 Å². The first-order chi connectivity index (χ1) is 9.92. The highest BCUT2D eigenvalue weighted by molar-refractivity contribution is 7.89. The van der Waals surface area contributed by atoms with Gasteiger partial charge in [-0.2, -0.15) is 0 Å². The minimum Gasteiger partial charge on any atom is -0.326 e. The molecule has 0 saturated carbocycles. The van der Waals surface area contributed by atoms with Crippen LogP contribution >= 0.6 is 0 Å². The summed E-state index contributed by atoms with van der Waals surface area (Å²) in [6, 6.07) is 7.76. The van der Waals surface area contributed by atoms with Crippen LogP contribution in [0.4, 0.5) is 4.39 Å². The zero-order valence-corrected chi connectivity index (χ0v) is 12.3. The highest BCUT2D eigenvalue weighted by Crippen LogP contribution is 2.17. The van der Waals surface area contributed by atoms with E-state index >= 15 is 0 Å². The van der Waals surface area contributed by atoms with E-state index < -0.39 is 21.9 Å². The van der Waals surface area contributed by atoms with Gasteiger partial charge in [0.25, 0.3) is 0 Å². The van der Waals surface area contributed by atoms with E-state index in [1.807, 2.05) is 12.1 Å². The third-order valence-corrected chi connectivity index (χ3v) is 4.55. The molecular weight excluding hydrogens is 293 g/mol. The van der Waals surface area contributed by atoms with Crippen molar-refractivity contribution in [2.24, 2.45) is 5.73 Å². The van der Waals surface area contributed by atoms with Crippen molar-refractivity contribution in [3.8, 4) is 0 Å². The van der Waals surface area contributed by atoms with E-state index in [0.29, 0.717) is 6.54 Å². The maximum Gasteiger partial charge on any atom is 0.242 e. The predicted octanol–water partition coefficient (Wildman–Crippen LogP) is 1.72. The lowest BCUT2D eigenvalue weighted by atomic mass is 10.1. The summed E-state index contributed by atoms with van der Waals surface area (Å²) in [5.41, 5.74) is 7.27. The summed E-state index contributed by atoms with van der Waals surface area (Å²) in [5.74, 6) is -0.696. The summed E-state index contributed by atoms with van der Waals surface area (Å²) >= 11 is 0. The summed E-state index contributed by atoms with van der Waals surface area (Å²) in [7, 11) is -3.82. The molecule has 0 fully saturated rings. The molecule has 5 nitrogen and oxygen atoms in total. The average molecular weight is 309 g/mol. The van der Waals surface area contributed by atoms with Crippen molar-refractivity contribution < 1.29 is 12.8 Å². The lowest BCUT2D eigenvalue weighted by molar-refractivity contribution is 0.562. The van der Waals surface area contributed by atoms with Crippen LogP contribution in [0.25, 0.3) is 0 Å². The fourth-order valence-electron chi connectivity index (χ4n) is 1.85. The molecule has 0 amide bonds. The van der Waals surface area contributed by atoms with Gasteiger partial charge in [0.15, 0.2) is 0 Å². The Bertz CT molecular complexity index is 717. The topological polar surface area (TPSA) is 85.1 Å². The molecule has 21 heavy (non-hydrogen) atoms. The lowest BCUT2D eigenvalue weighted by Crippen LogP contribution is -2.27. The number of nitrogens with zero attached hydrogens (tertiary/aromatic N) is 1. The molecular formula is C14H16FN3O2S. The third kappa shape index (κ3) is 3.84.